The van der Waals surface area contributed by atoms with Gasteiger partial charge in [0.25, 0.3) is 0 Å². The molecule has 1 atom stereocenters. The summed E-state index contributed by atoms with van der Waals surface area (Å²) in [7, 11) is 0. The average molecular weight is 257 g/mol. The summed E-state index contributed by atoms with van der Waals surface area (Å²) in [4.78, 5) is 0. The van der Waals surface area contributed by atoms with Crippen molar-refractivity contribution in [3.63, 3.8) is 0 Å². The third-order valence-electron chi connectivity index (χ3n) is 2.67. The first-order chi connectivity index (χ1) is 8.22. The van der Waals surface area contributed by atoms with E-state index in [2.05, 4.69) is 24.0 Å². The molecular weight excluding hydrogens is 236 g/mol. The zero-order valence-electron chi connectivity index (χ0n) is 10.7. The number of nitrogens with zero attached hydrogens (tertiary/aromatic N) is 2. The zero-order chi connectivity index (χ0) is 12.5. The van der Waals surface area contributed by atoms with Crippen molar-refractivity contribution in [1.29, 1.82) is 0 Å². The Kier molecular flexibility index (Phi) is 7.13. The highest BCUT2D eigenvalue weighted by Gasteiger charge is 2.03. The van der Waals surface area contributed by atoms with Crippen molar-refractivity contribution >= 4 is 11.6 Å². The van der Waals surface area contributed by atoms with Crippen LogP contribution in [0.5, 0.6) is 0 Å². The van der Waals surface area contributed by atoms with Crippen LogP contribution in [-0.4, -0.2) is 16.3 Å². The molecule has 0 spiro atoms. The van der Waals surface area contributed by atoms with Crippen LogP contribution in [0.4, 0.5) is 0 Å². The van der Waals surface area contributed by atoms with E-state index in [9.17, 15) is 0 Å². The van der Waals surface area contributed by atoms with Gasteiger partial charge in [-0.05, 0) is 25.5 Å². The van der Waals surface area contributed by atoms with Crippen LogP contribution in [-0.2, 0) is 11.3 Å². The molecule has 3 nitrogen and oxygen atoms in total. The third-order valence-corrected chi connectivity index (χ3v) is 2.87. The molecule has 17 heavy (non-hydrogen) atoms. The Morgan fingerprint density at radius 2 is 2.06 bits per heavy atom. The third kappa shape index (κ3) is 6.59. The molecular formula is C13H21ClN2O. The standard InChI is InChI=1S/C13H21ClN2O/c1-3-4-5-6-7-11(2)17-10-12-8-9-13(14)16-15-12/h8-9,11H,3-7,10H2,1-2H3. The lowest BCUT2D eigenvalue weighted by Crippen LogP contribution is -2.09. The van der Waals surface area contributed by atoms with Gasteiger partial charge in [-0.3, -0.25) is 0 Å². The van der Waals surface area contributed by atoms with Crippen LogP contribution in [0.3, 0.4) is 0 Å². The maximum Gasteiger partial charge on any atom is 0.151 e. The molecule has 0 aliphatic carbocycles. The highest BCUT2D eigenvalue weighted by Crippen LogP contribution is 2.10. The van der Waals surface area contributed by atoms with E-state index in [0.29, 0.717) is 11.8 Å². The molecule has 0 aromatic carbocycles. The number of ether oxygens (including phenoxy) is 1. The normalized spacial score (nSPS) is 12.6. The summed E-state index contributed by atoms with van der Waals surface area (Å²) in [5, 5.41) is 8.15. The summed E-state index contributed by atoms with van der Waals surface area (Å²) in [5.41, 5.74) is 0.829. The van der Waals surface area contributed by atoms with Crippen LogP contribution in [0.25, 0.3) is 0 Å². The second kappa shape index (κ2) is 8.43. The molecule has 0 N–H and O–H groups in total. The highest BCUT2D eigenvalue weighted by atomic mass is 35.5. The smallest absolute Gasteiger partial charge is 0.151 e. The van der Waals surface area contributed by atoms with Gasteiger partial charge in [0, 0.05) is 0 Å². The molecule has 0 aliphatic heterocycles. The first-order valence-corrected chi connectivity index (χ1v) is 6.70. The molecule has 1 unspecified atom stereocenters. The first-order valence-electron chi connectivity index (χ1n) is 6.32. The predicted octanol–water partition coefficient (Wildman–Crippen LogP) is 4.01. The van der Waals surface area contributed by atoms with Gasteiger partial charge in [-0.1, -0.05) is 44.2 Å². The van der Waals surface area contributed by atoms with Crippen molar-refractivity contribution in [1.82, 2.24) is 10.2 Å². The lowest BCUT2D eigenvalue weighted by atomic mass is 10.1. The molecule has 1 rings (SSSR count). The quantitative estimate of drug-likeness (QED) is 0.660. The summed E-state index contributed by atoms with van der Waals surface area (Å²) < 4.78 is 5.70. The number of hydrogen-bond donors (Lipinski definition) is 0. The summed E-state index contributed by atoms with van der Waals surface area (Å²) in [6, 6.07) is 3.58. The number of rotatable bonds is 8. The van der Waals surface area contributed by atoms with Gasteiger partial charge in [-0.15, -0.1) is 5.10 Å². The molecule has 0 saturated carbocycles. The van der Waals surface area contributed by atoms with Crippen molar-refractivity contribution in [2.75, 3.05) is 0 Å². The largest absolute Gasteiger partial charge is 0.372 e. The summed E-state index contributed by atoms with van der Waals surface area (Å²) in [5.74, 6) is 0. The second-order valence-corrected chi connectivity index (χ2v) is 4.71. The molecule has 0 amide bonds. The fraction of sp³-hybridized carbons (Fsp3) is 0.692. The zero-order valence-corrected chi connectivity index (χ0v) is 11.4. The van der Waals surface area contributed by atoms with Crippen LogP contribution < -0.4 is 0 Å². The van der Waals surface area contributed by atoms with Crippen LogP contribution >= 0.6 is 11.6 Å². The molecule has 1 aromatic rings. The van der Waals surface area contributed by atoms with E-state index >= 15 is 0 Å². The van der Waals surface area contributed by atoms with Crippen LogP contribution in [0.15, 0.2) is 12.1 Å². The molecule has 1 aromatic heterocycles. The Labute approximate surface area is 109 Å². The minimum atomic E-state index is 0.282. The van der Waals surface area contributed by atoms with E-state index in [1.54, 1.807) is 6.07 Å². The minimum absolute atomic E-state index is 0.282. The molecule has 0 radical (unpaired) electrons. The lowest BCUT2D eigenvalue weighted by molar-refractivity contribution is 0.0436. The summed E-state index contributed by atoms with van der Waals surface area (Å²) >= 11 is 5.66. The average Bonchev–Trinajstić information content (AvgIpc) is 2.34. The summed E-state index contributed by atoms with van der Waals surface area (Å²) in [6.07, 6.45) is 6.52. The van der Waals surface area contributed by atoms with E-state index < -0.39 is 0 Å². The van der Waals surface area contributed by atoms with Crippen molar-refractivity contribution in [2.24, 2.45) is 0 Å². The first kappa shape index (κ1) is 14.4. The monoisotopic (exact) mass is 256 g/mol. The molecule has 0 bridgehead atoms. The Bertz CT molecular complexity index is 303. The van der Waals surface area contributed by atoms with Gasteiger partial charge < -0.3 is 4.74 Å². The van der Waals surface area contributed by atoms with Crippen LogP contribution in [0.2, 0.25) is 5.15 Å². The highest BCUT2D eigenvalue weighted by molar-refractivity contribution is 6.29. The van der Waals surface area contributed by atoms with E-state index in [0.717, 1.165) is 12.1 Å². The molecule has 0 aliphatic rings. The molecule has 1 heterocycles. The lowest BCUT2D eigenvalue weighted by Gasteiger charge is -2.12. The SMILES string of the molecule is CCCCCCC(C)OCc1ccc(Cl)nn1. The fourth-order valence-corrected chi connectivity index (χ4v) is 1.69. The van der Waals surface area contributed by atoms with E-state index in [1.807, 2.05) is 6.07 Å². The molecule has 0 saturated heterocycles. The van der Waals surface area contributed by atoms with Gasteiger partial charge >= 0.3 is 0 Å². The van der Waals surface area contributed by atoms with Gasteiger partial charge in [0.05, 0.1) is 18.4 Å². The maximum atomic E-state index is 5.70. The number of aromatic nitrogens is 2. The molecule has 96 valence electrons. The van der Waals surface area contributed by atoms with Crippen LogP contribution in [0, 0.1) is 0 Å². The topological polar surface area (TPSA) is 35.0 Å². The Morgan fingerprint density at radius 3 is 2.71 bits per heavy atom. The van der Waals surface area contributed by atoms with Crippen LogP contribution in [0.1, 0.15) is 51.6 Å². The van der Waals surface area contributed by atoms with Crippen molar-refractivity contribution < 1.29 is 4.74 Å². The van der Waals surface area contributed by atoms with E-state index in [1.165, 1.54) is 25.7 Å². The molecule has 4 heteroatoms. The summed E-state index contributed by atoms with van der Waals surface area (Å²) in [6.45, 7) is 4.84. The van der Waals surface area contributed by atoms with Crippen molar-refractivity contribution in [2.45, 2.75) is 58.7 Å². The predicted molar refractivity (Wildman–Crippen MR) is 70.1 cm³/mol. The Balaban J connectivity index is 2.14. The van der Waals surface area contributed by atoms with Crippen molar-refractivity contribution in [3.05, 3.63) is 23.0 Å². The van der Waals surface area contributed by atoms with Gasteiger partial charge in [0.2, 0.25) is 0 Å². The maximum absolute atomic E-state index is 5.70. The van der Waals surface area contributed by atoms with Gasteiger partial charge in [0.15, 0.2) is 5.15 Å². The van der Waals surface area contributed by atoms with Gasteiger partial charge in [-0.2, -0.15) is 5.10 Å². The molecule has 0 fully saturated rings. The van der Waals surface area contributed by atoms with Crippen molar-refractivity contribution in [3.8, 4) is 0 Å². The van der Waals surface area contributed by atoms with E-state index in [-0.39, 0.29) is 6.10 Å². The number of hydrogen-bond acceptors (Lipinski definition) is 3. The number of unbranched alkanes of at least 4 members (excludes halogenated alkanes) is 3. The minimum Gasteiger partial charge on any atom is -0.372 e. The second-order valence-electron chi connectivity index (χ2n) is 4.32. The van der Waals surface area contributed by atoms with Gasteiger partial charge in [-0.25, -0.2) is 0 Å². The number of halogens is 1. The Hall–Kier alpha value is -0.670. The fourth-order valence-electron chi connectivity index (χ4n) is 1.59. The van der Waals surface area contributed by atoms with E-state index in [4.69, 9.17) is 16.3 Å². The Morgan fingerprint density at radius 1 is 1.24 bits per heavy atom. The van der Waals surface area contributed by atoms with Gasteiger partial charge in [0.1, 0.15) is 0 Å².